The van der Waals surface area contributed by atoms with Crippen LogP contribution in [0.25, 0.3) is 0 Å². The van der Waals surface area contributed by atoms with Gasteiger partial charge in [-0.15, -0.1) is 0 Å². The molecule has 0 aliphatic carbocycles. The smallest absolute Gasteiger partial charge is 0.306 e. The molecule has 1 rings (SSSR count). The molecule has 0 amide bonds. The molecule has 0 radical (unpaired) electrons. The SMILES string of the molecule is CCC(C)N1CCC[C@H]1CNS(=O)(=O)CCC(=O)OC. The highest BCUT2D eigenvalue weighted by Crippen LogP contribution is 2.20. The van der Waals surface area contributed by atoms with Gasteiger partial charge in [-0.05, 0) is 32.7 Å². The molecule has 0 saturated carbocycles. The molecule has 1 fully saturated rings. The van der Waals surface area contributed by atoms with E-state index in [1.54, 1.807) is 0 Å². The fourth-order valence-electron chi connectivity index (χ4n) is 2.51. The van der Waals surface area contributed by atoms with Crippen molar-refractivity contribution in [3.05, 3.63) is 0 Å². The Morgan fingerprint density at radius 3 is 2.80 bits per heavy atom. The van der Waals surface area contributed by atoms with Crippen molar-refractivity contribution in [1.82, 2.24) is 9.62 Å². The maximum atomic E-state index is 11.8. The van der Waals surface area contributed by atoms with Crippen molar-refractivity contribution in [1.29, 1.82) is 0 Å². The van der Waals surface area contributed by atoms with E-state index in [9.17, 15) is 13.2 Å². The summed E-state index contributed by atoms with van der Waals surface area (Å²) in [5, 5.41) is 0. The van der Waals surface area contributed by atoms with Gasteiger partial charge in [0.1, 0.15) is 0 Å². The predicted molar refractivity (Wildman–Crippen MR) is 77.9 cm³/mol. The van der Waals surface area contributed by atoms with Crippen LogP contribution < -0.4 is 4.72 Å². The first-order valence-electron chi connectivity index (χ1n) is 7.19. The number of carbonyl (C=O) groups is 1. The predicted octanol–water partition coefficient (Wildman–Crippen LogP) is 0.732. The fourth-order valence-corrected chi connectivity index (χ4v) is 3.53. The summed E-state index contributed by atoms with van der Waals surface area (Å²) in [6, 6.07) is 0.736. The van der Waals surface area contributed by atoms with Crippen LogP contribution in [0.1, 0.15) is 39.5 Å². The molecule has 6 nitrogen and oxygen atoms in total. The molecule has 118 valence electrons. The number of likely N-dealkylation sites (tertiary alicyclic amines) is 1. The van der Waals surface area contributed by atoms with E-state index >= 15 is 0 Å². The van der Waals surface area contributed by atoms with Gasteiger partial charge in [0.2, 0.25) is 10.0 Å². The molecule has 0 aromatic rings. The van der Waals surface area contributed by atoms with Crippen LogP contribution in [0.2, 0.25) is 0 Å². The van der Waals surface area contributed by atoms with E-state index in [2.05, 4.69) is 28.2 Å². The van der Waals surface area contributed by atoms with Crippen LogP contribution in [-0.4, -0.2) is 57.3 Å². The molecular weight excluding hydrogens is 280 g/mol. The van der Waals surface area contributed by atoms with Crippen LogP contribution >= 0.6 is 0 Å². The largest absolute Gasteiger partial charge is 0.469 e. The van der Waals surface area contributed by atoms with Gasteiger partial charge in [-0.1, -0.05) is 6.92 Å². The van der Waals surface area contributed by atoms with E-state index < -0.39 is 16.0 Å². The zero-order chi connectivity index (χ0) is 15.2. The van der Waals surface area contributed by atoms with Gasteiger partial charge in [0.15, 0.2) is 0 Å². The van der Waals surface area contributed by atoms with Gasteiger partial charge in [-0.25, -0.2) is 13.1 Å². The first kappa shape index (κ1) is 17.4. The van der Waals surface area contributed by atoms with E-state index in [1.165, 1.54) is 7.11 Å². The normalized spacial score (nSPS) is 21.9. The number of ether oxygens (including phenoxy) is 1. The molecule has 1 saturated heterocycles. The van der Waals surface area contributed by atoms with Crippen molar-refractivity contribution < 1.29 is 17.9 Å². The molecule has 2 atom stereocenters. The molecular formula is C13H26N2O4S. The van der Waals surface area contributed by atoms with Crippen LogP contribution in [0.5, 0.6) is 0 Å². The van der Waals surface area contributed by atoms with Crippen LogP contribution in [0.3, 0.4) is 0 Å². The quantitative estimate of drug-likeness (QED) is 0.669. The molecule has 0 aromatic carbocycles. The Hall–Kier alpha value is -0.660. The lowest BCUT2D eigenvalue weighted by atomic mass is 10.1. The minimum absolute atomic E-state index is 0.106. The average Bonchev–Trinajstić information content (AvgIpc) is 2.90. The third-order valence-electron chi connectivity index (χ3n) is 3.92. The Labute approximate surface area is 121 Å². The Kier molecular flexibility index (Phi) is 6.91. The van der Waals surface area contributed by atoms with E-state index in [1.807, 2.05) is 0 Å². The van der Waals surface area contributed by atoms with E-state index in [4.69, 9.17) is 0 Å². The van der Waals surface area contributed by atoms with Crippen LogP contribution in [0.15, 0.2) is 0 Å². The summed E-state index contributed by atoms with van der Waals surface area (Å²) in [6.45, 7) is 5.77. The lowest BCUT2D eigenvalue weighted by molar-refractivity contribution is -0.140. The maximum Gasteiger partial charge on any atom is 0.306 e. The van der Waals surface area contributed by atoms with Gasteiger partial charge in [0.25, 0.3) is 0 Å². The van der Waals surface area contributed by atoms with Gasteiger partial charge < -0.3 is 4.74 Å². The molecule has 7 heteroatoms. The zero-order valence-electron chi connectivity index (χ0n) is 12.6. The van der Waals surface area contributed by atoms with Crippen LogP contribution in [0, 0.1) is 0 Å². The number of methoxy groups -OCH3 is 1. The first-order chi connectivity index (χ1) is 9.39. The summed E-state index contributed by atoms with van der Waals surface area (Å²) < 4.78 is 30.7. The number of nitrogens with zero attached hydrogens (tertiary/aromatic N) is 1. The highest BCUT2D eigenvalue weighted by atomic mass is 32.2. The lowest BCUT2D eigenvalue weighted by Crippen LogP contribution is -2.44. The number of nitrogens with one attached hydrogen (secondary N) is 1. The number of hydrogen-bond donors (Lipinski definition) is 1. The number of hydrogen-bond acceptors (Lipinski definition) is 5. The number of sulfonamides is 1. The molecule has 1 aliphatic rings. The van der Waals surface area contributed by atoms with Crippen molar-refractivity contribution >= 4 is 16.0 Å². The first-order valence-corrected chi connectivity index (χ1v) is 8.84. The number of carbonyl (C=O) groups excluding carboxylic acids is 1. The lowest BCUT2D eigenvalue weighted by Gasteiger charge is -2.30. The van der Waals surface area contributed by atoms with Crippen molar-refractivity contribution in [3.8, 4) is 0 Å². The summed E-state index contributed by atoms with van der Waals surface area (Å²) in [4.78, 5) is 13.3. The molecule has 1 N–H and O–H groups in total. The minimum atomic E-state index is -3.41. The minimum Gasteiger partial charge on any atom is -0.469 e. The van der Waals surface area contributed by atoms with Crippen LogP contribution in [0.4, 0.5) is 0 Å². The topological polar surface area (TPSA) is 75.7 Å². The molecule has 0 aromatic heterocycles. The van der Waals surface area contributed by atoms with E-state index in [0.717, 1.165) is 25.8 Å². The Morgan fingerprint density at radius 2 is 2.20 bits per heavy atom. The third-order valence-corrected chi connectivity index (χ3v) is 5.27. The van der Waals surface area contributed by atoms with Gasteiger partial charge >= 0.3 is 5.97 Å². The third kappa shape index (κ3) is 5.38. The van der Waals surface area contributed by atoms with Gasteiger partial charge in [-0.2, -0.15) is 0 Å². The molecule has 0 spiro atoms. The second-order valence-electron chi connectivity index (χ2n) is 5.28. The van der Waals surface area contributed by atoms with Crippen molar-refractivity contribution in [2.45, 2.75) is 51.6 Å². The molecule has 1 heterocycles. The zero-order valence-corrected chi connectivity index (χ0v) is 13.4. The molecule has 1 unspecified atom stereocenters. The summed E-state index contributed by atoms with van der Waals surface area (Å²) in [5.41, 5.74) is 0. The second kappa shape index (κ2) is 7.95. The highest BCUT2D eigenvalue weighted by molar-refractivity contribution is 7.89. The van der Waals surface area contributed by atoms with E-state index in [0.29, 0.717) is 12.6 Å². The Balaban J connectivity index is 2.43. The summed E-state index contributed by atoms with van der Waals surface area (Å²) in [5.74, 6) is -0.715. The number of esters is 1. The van der Waals surface area contributed by atoms with Crippen LogP contribution in [-0.2, 0) is 19.6 Å². The standard InChI is InChI=1S/C13H26N2O4S/c1-4-11(2)15-8-5-6-12(15)10-14-20(17,18)9-7-13(16)19-3/h11-12,14H,4-10H2,1-3H3/t11?,12-/m0/s1. The average molecular weight is 306 g/mol. The van der Waals surface area contributed by atoms with Gasteiger partial charge in [0, 0.05) is 18.6 Å². The number of rotatable bonds is 8. The Morgan fingerprint density at radius 1 is 1.50 bits per heavy atom. The van der Waals surface area contributed by atoms with Gasteiger partial charge in [-0.3, -0.25) is 9.69 Å². The van der Waals surface area contributed by atoms with Gasteiger partial charge in [0.05, 0.1) is 19.3 Å². The fraction of sp³-hybridized carbons (Fsp3) is 0.923. The van der Waals surface area contributed by atoms with E-state index in [-0.39, 0.29) is 18.2 Å². The van der Waals surface area contributed by atoms with Crippen molar-refractivity contribution in [2.24, 2.45) is 0 Å². The second-order valence-corrected chi connectivity index (χ2v) is 7.21. The molecule has 20 heavy (non-hydrogen) atoms. The monoisotopic (exact) mass is 306 g/mol. The molecule has 1 aliphatic heterocycles. The summed E-state index contributed by atoms with van der Waals surface area (Å²) in [7, 11) is -2.15. The van der Waals surface area contributed by atoms with Crippen molar-refractivity contribution in [3.63, 3.8) is 0 Å². The molecule has 0 bridgehead atoms. The van der Waals surface area contributed by atoms with Crippen molar-refractivity contribution in [2.75, 3.05) is 26.0 Å². The highest BCUT2D eigenvalue weighted by Gasteiger charge is 2.28. The Bertz CT molecular complexity index is 411. The summed E-state index contributed by atoms with van der Waals surface area (Å²) in [6.07, 6.45) is 3.08. The summed E-state index contributed by atoms with van der Waals surface area (Å²) >= 11 is 0. The maximum absolute atomic E-state index is 11.8.